The predicted octanol–water partition coefficient (Wildman–Crippen LogP) is 2.66. The van der Waals surface area contributed by atoms with Gasteiger partial charge in [-0.1, -0.05) is 6.92 Å². The van der Waals surface area contributed by atoms with E-state index in [1.54, 1.807) is 15.6 Å². The summed E-state index contributed by atoms with van der Waals surface area (Å²) in [5, 5.41) is 3.59. The Hall–Kier alpha value is -0.430. The number of piperidine rings is 1. The molecule has 0 spiro atoms. The molecule has 0 amide bonds. The van der Waals surface area contributed by atoms with Gasteiger partial charge in [-0.05, 0) is 45.6 Å². The van der Waals surface area contributed by atoms with E-state index in [4.69, 9.17) is 0 Å². The number of hydrogen-bond acceptors (Lipinski definition) is 4. The molecule has 2 saturated heterocycles. The Bertz CT molecular complexity index is 612. The van der Waals surface area contributed by atoms with Crippen molar-refractivity contribution in [2.24, 2.45) is 0 Å². The molecular weight excluding hydrogens is 304 g/mol. The molecular formula is C15H24N2O2S2. The first kappa shape index (κ1) is 15.5. The van der Waals surface area contributed by atoms with Crippen LogP contribution in [0.3, 0.4) is 0 Å². The molecule has 4 nitrogen and oxygen atoms in total. The van der Waals surface area contributed by atoms with E-state index >= 15 is 0 Å². The van der Waals surface area contributed by atoms with Gasteiger partial charge in [-0.3, -0.25) is 0 Å². The second-order valence-corrected chi connectivity index (χ2v) is 9.57. The lowest BCUT2D eigenvalue weighted by atomic mass is 10.00. The zero-order valence-electron chi connectivity index (χ0n) is 12.9. The molecule has 2 aliphatic rings. The molecule has 2 aliphatic heterocycles. The minimum atomic E-state index is -3.36. The maximum Gasteiger partial charge on any atom is 0.244 e. The van der Waals surface area contributed by atoms with Gasteiger partial charge in [0, 0.05) is 34.4 Å². The van der Waals surface area contributed by atoms with Gasteiger partial charge in [-0.2, -0.15) is 4.31 Å². The van der Waals surface area contributed by atoms with E-state index in [-0.39, 0.29) is 6.04 Å². The number of hydrogen-bond donors (Lipinski definition) is 1. The quantitative estimate of drug-likeness (QED) is 0.924. The molecule has 6 heteroatoms. The molecule has 2 unspecified atom stereocenters. The van der Waals surface area contributed by atoms with Crippen molar-refractivity contribution in [2.45, 2.75) is 69.5 Å². The summed E-state index contributed by atoms with van der Waals surface area (Å²) in [5.41, 5.74) is 0. The van der Waals surface area contributed by atoms with Crippen molar-refractivity contribution in [3.63, 3.8) is 0 Å². The highest BCUT2D eigenvalue weighted by Gasteiger charge is 2.40. The summed E-state index contributed by atoms with van der Waals surface area (Å²) in [7, 11) is -3.36. The van der Waals surface area contributed by atoms with Crippen molar-refractivity contribution in [1.29, 1.82) is 0 Å². The van der Waals surface area contributed by atoms with Crippen LogP contribution in [0.15, 0.2) is 11.0 Å². The smallest absolute Gasteiger partial charge is 0.244 e. The van der Waals surface area contributed by atoms with Gasteiger partial charge in [0.2, 0.25) is 10.0 Å². The van der Waals surface area contributed by atoms with E-state index in [2.05, 4.69) is 5.32 Å². The zero-order chi connectivity index (χ0) is 15.2. The van der Waals surface area contributed by atoms with Gasteiger partial charge in [-0.15, -0.1) is 11.3 Å². The average Bonchev–Trinajstić information content (AvgIpc) is 2.92. The fourth-order valence-electron chi connectivity index (χ4n) is 3.88. The summed E-state index contributed by atoms with van der Waals surface area (Å²) in [6.07, 6.45) is 4.28. The third kappa shape index (κ3) is 2.79. The molecule has 118 valence electrons. The van der Waals surface area contributed by atoms with E-state index < -0.39 is 10.0 Å². The lowest BCUT2D eigenvalue weighted by Gasteiger charge is -2.36. The Kier molecular flexibility index (Phi) is 4.16. The summed E-state index contributed by atoms with van der Waals surface area (Å²) in [5.74, 6) is 0. The van der Waals surface area contributed by atoms with Crippen LogP contribution in [-0.4, -0.2) is 37.4 Å². The van der Waals surface area contributed by atoms with Gasteiger partial charge in [0.1, 0.15) is 0 Å². The standard InChI is InChI=1S/C15H24N2O2S2/c1-4-17(14-8-12-5-6-13(9-14)16-12)21(18,19)15-7-10(2)20-11(15)3/h7,12-14,16H,4-6,8-9H2,1-3H3. The SMILES string of the molecule is CCN(C1CC2CCC(C1)N2)S(=O)(=O)c1cc(C)sc1C. The van der Waals surface area contributed by atoms with E-state index in [1.165, 1.54) is 12.8 Å². The van der Waals surface area contributed by atoms with Crippen molar-refractivity contribution < 1.29 is 8.42 Å². The molecule has 1 N–H and O–H groups in total. The highest BCUT2D eigenvalue weighted by Crippen LogP contribution is 2.34. The molecule has 3 heterocycles. The van der Waals surface area contributed by atoms with Crippen LogP contribution >= 0.6 is 11.3 Å². The molecule has 0 saturated carbocycles. The molecule has 0 radical (unpaired) electrons. The molecule has 0 aromatic carbocycles. The van der Waals surface area contributed by atoms with Crippen LogP contribution in [0.2, 0.25) is 0 Å². The average molecular weight is 329 g/mol. The Labute approximate surface area is 131 Å². The van der Waals surface area contributed by atoms with E-state index in [0.717, 1.165) is 22.6 Å². The van der Waals surface area contributed by atoms with Gasteiger partial charge in [0.15, 0.2) is 0 Å². The molecule has 1 aromatic heterocycles. The summed E-state index contributed by atoms with van der Waals surface area (Å²) in [4.78, 5) is 2.48. The van der Waals surface area contributed by atoms with E-state index in [9.17, 15) is 8.42 Å². The van der Waals surface area contributed by atoms with Gasteiger partial charge in [0.25, 0.3) is 0 Å². The van der Waals surface area contributed by atoms with E-state index in [1.807, 2.05) is 26.8 Å². The number of sulfonamides is 1. The first-order valence-corrected chi connectivity index (χ1v) is 10.0. The maximum absolute atomic E-state index is 13.0. The Balaban J connectivity index is 1.90. The molecule has 2 atom stereocenters. The molecule has 0 aliphatic carbocycles. The first-order valence-electron chi connectivity index (χ1n) is 7.76. The molecule has 21 heavy (non-hydrogen) atoms. The number of rotatable bonds is 4. The fourth-order valence-corrected chi connectivity index (χ4v) is 7.06. The van der Waals surface area contributed by atoms with Crippen LogP contribution in [0, 0.1) is 13.8 Å². The lowest BCUT2D eigenvalue weighted by molar-refractivity contribution is 0.232. The van der Waals surface area contributed by atoms with Crippen molar-refractivity contribution in [2.75, 3.05) is 6.54 Å². The summed E-state index contributed by atoms with van der Waals surface area (Å²) in [6.45, 7) is 6.39. The Morgan fingerprint density at radius 3 is 2.38 bits per heavy atom. The van der Waals surface area contributed by atoms with Crippen LogP contribution in [-0.2, 0) is 10.0 Å². The normalized spacial score (nSPS) is 29.2. The van der Waals surface area contributed by atoms with Crippen LogP contribution in [0.25, 0.3) is 0 Å². The largest absolute Gasteiger partial charge is 0.311 e. The number of aryl methyl sites for hydroxylation is 2. The van der Waals surface area contributed by atoms with Crippen LogP contribution < -0.4 is 5.32 Å². The van der Waals surface area contributed by atoms with Gasteiger partial charge in [-0.25, -0.2) is 8.42 Å². The van der Waals surface area contributed by atoms with Crippen molar-refractivity contribution >= 4 is 21.4 Å². The van der Waals surface area contributed by atoms with Gasteiger partial charge >= 0.3 is 0 Å². The first-order chi connectivity index (χ1) is 9.91. The number of thiophene rings is 1. The Morgan fingerprint density at radius 1 is 1.29 bits per heavy atom. The predicted molar refractivity (Wildman–Crippen MR) is 86.3 cm³/mol. The highest BCUT2D eigenvalue weighted by molar-refractivity contribution is 7.89. The van der Waals surface area contributed by atoms with Crippen molar-refractivity contribution in [3.05, 3.63) is 15.8 Å². The lowest BCUT2D eigenvalue weighted by Crippen LogP contribution is -2.50. The summed E-state index contributed by atoms with van der Waals surface area (Å²) < 4.78 is 27.8. The van der Waals surface area contributed by atoms with E-state index in [0.29, 0.717) is 23.5 Å². The second-order valence-electron chi connectivity index (χ2n) is 6.25. The third-order valence-electron chi connectivity index (χ3n) is 4.75. The van der Waals surface area contributed by atoms with Gasteiger partial charge < -0.3 is 5.32 Å². The van der Waals surface area contributed by atoms with Crippen molar-refractivity contribution in [1.82, 2.24) is 9.62 Å². The topological polar surface area (TPSA) is 49.4 Å². The third-order valence-corrected chi connectivity index (χ3v) is 8.00. The number of fused-ring (bicyclic) bond motifs is 2. The fraction of sp³-hybridized carbons (Fsp3) is 0.733. The molecule has 2 bridgehead atoms. The number of nitrogens with one attached hydrogen (secondary N) is 1. The molecule has 3 rings (SSSR count). The zero-order valence-corrected chi connectivity index (χ0v) is 14.6. The highest BCUT2D eigenvalue weighted by atomic mass is 32.2. The van der Waals surface area contributed by atoms with Crippen LogP contribution in [0.1, 0.15) is 42.4 Å². The maximum atomic E-state index is 13.0. The van der Waals surface area contributed by atoms with Crippen LogP contribution in [0.5, 0.6) is 0 Å². The van der Waals surface area contributed by atoms with Gasteiger partial charge in [0.05, 0.1) is 4.90 Å². The van der Waals surface area contributed by atoms with Crippen molar-refractivity contribution in [3.8, 4) is 0 Å². The number of nitrogens with zero attached hydrogens (tertiary/aromatic N) is 1. The summed E-state index contributed by atoms with van der Waals surface area (Å²) in [6, 6.07) is 2.98. The summed E-state index contributed by atoms with van der Waals surface area (Å²) >= 11 is 1.57. The molecule has 2 fully saturated rings. The minimum absolute atomic E-state index is 0.151. The monoisotopic (exact) mass is 328 g/mol. The second kappa shape index (κ2) is 5.65. The van der Waals surface area contributed by atoms with Crippen LogP contribution in [0.4, 0.5) is 0 Å². The molecule has 1 aromatic rings. The minimum Gasteiger partial charge on any atom is -0.311 e. The Morgan fingerprint density at radius 2 is 1.90 bits per heavy atom.